The molecular formula is C18H22FNO3. The van der Waals surface area contributed by atoms with Gasteiger partial charge in [0.25, 0.3) is 0 Å². The highest BCUT2D eigenvalue weighted by Crippen LogP contribution is 2.40. The van der Waals surface area contributed by atoms with Crippen molar-refractivity contribution in [2.24, 2.45) is 0 Å². The summed E-state index contributed by atoms with van der Waals surface area (Å²) in [6, 6.07) is 5.23. The summed E-state index contributed by atoms with van der Waals surface area (Å²) < 4.78 is 25.8. The van der Waals surface area contributed by atoms with Gasteiger partial charge in [-0.3, -0.25) is 4.79 Å². The van der Waals surface area contributed by atoms with Crippen molar-refractivity contribution < 1.29 is 18.7 Å². The molecule has 1 aromatic rings. The molecule has 0 N–H and O–H groups in total. The number of nitrogens with zero attached hydrogens (tertiary/aromatic N) is 1. The Kier molecular flexibility index (Phi) is 4.50. The second-order valence-electron chi connectivity index (χ2n) is 6.22. The molecule has 23 heavy (non-hydrogen) atoms. The molecule has 1 saturated carbocycles. The molecule has 1 aromatic carbocycles. The highest BCUT2D eigenvalue weighted by molar-refractivity contribution is 5.87. The normalized spacial score (nSPS) is 22.4. The van der Waals surface area contributed by atoms with Gasteiger partial charge in [-0.1, -0.05) is 24.8 Å². The lowest BCUT2D eigenvalue weighted by molar-refractivity contribution is -0.155. The van der Waals surface area contributed by atoms with Crippen LogP contribution in [0.1, 0.15) is 30.4 Å². The van der Waals surface area contributed by atoms with Gasteiger partial charge in [-0.15, -0.1) is 0 Å². The van der Waals surface area contributed by atoms with Crippen LogP contribution in [0.4, 0.5) is 4.39 Å². The molecule has 1 aliphatic heterocycles. The van der Waals surface area contributed by atoms with E-state index in [9.17, 15) is 9.18 Å². The summed E-state index contributed by atoms with van der Waals surface area (Å²) in [6.45, 7) is 6.72. The Labute approximate surface area is 135 Å². The minimum atomic E-state index is -0.560. The maximum absolute atomic E-state index is 14.3. The molecule has 124 valence electrons. The van der Waals surface area contributed by atoms with E-state index in [1.165, 1.54) is 6.08 Å². The maximum atomic E-state index is 14.3. The van der Waals surface area contributed by atoms with E-state index >= 15 is 0 Å². The number of halogens is 1. The van der Waals surface area contributed by atoms with E-state index in [2.05, 4.69) is 6.58 Å². The van der Waals surface area contributed by atoms with Gasteiger partial charge in [-0.05, 0) is 25.0 Å². The van der Waals surface area contributed by atoms with E-state index in [0.717, 1.165) is 12.8 Å². The van der Waals surface area contributed by atoms with E-state index in [0.29, 0.717) is 30.8 Å². The van der Waals surface area contributed by atoms with Crippen LogP contribution in [0.25, 0.3) is 0 Å². The molecule has 2 fully saturated rings. The topological polar surface area (TPSA) is 38.8 Å². The summed E-state index contributed by atoms with van der Waals surface area (Å²) in [6.07, 6.45) is 3.46. The first-order valence-corrected chi connectivity index (χ1v) is 7.99. The molecule has 1 aliphatic carbocycles. The van der Waals surface area contributed by atoms with Gasteiger partial charge in [0.2, 0.25) is 5.91 Å². The largest absolute Gasteiger partial charge is 0.347 e. The molecule has 1 atom stereocenters. The van der Waals surface area contributed by atoms with Crippen LogP contribution in [-0.4, -0.2) is 35.8 Å². The number of hydrogen-bond acceptors (Lipinski definition) is 3. The fourth-order valence-corrected chi connectivity index (χ4v) is 3.49. The molecule has 5 heteroatoms. The number of benzene rings is 1. The van der Waals surface area contributed by atoms with Crippen molar-refractivity contribution in [3.8, 4) is 0 Å². The molecule has 4 nitrogen and oxygen atoms in total. The molecular weight excluding hydrogens is 297 g/mol. The second kappa shape index (κ2) is 6.42. The number of carbonyl (C=O) groups excluding carboxylic acids is 1. The van der Waals surface area contributed by atoms with Gasteiger partial charge in [0.15, 0.2) is 5.79 Å². The maximum Gasteiger partial charge on any atom is 0.246 e. The summed E-state index contributed by atoms with van der Waals surface area (Å²) >= 11 is 0. The Morgan fingerprint density at radius 3 is 2.91 bits per heavy atom. The van der Waals surface area contributed by atoms with Crippen LogP contribution >= 0.6 is 0 Å². The van der Waals surface area contributed by atoms with Gasteiger partial charge >= 0.3 is 0 Å². The van der Waals surface area contributed by atoms with Gasteiger partial charge in [-0.25, -0.2) is 4.39 Å². The van der Waals surface area contributed by atoms with Crippen LogP contribution in [0.15, 0.2) is 30.9 Å². The van der Waals surface area contributed by atoms with Gasteiger partial charge in [0, 0.05) is 31.0 Å². The Morgan fingerprint density at radius 2 is 2.22 bits per heavy atom. The van der Waals surface area contributed by atoms with Gasteiger partial charge in [0.1, 0.15) is 5.82 Å². The number of hydrogen-bond donors (Lipinski definition) is 0. The molecule has 1 amide bonds. The zero-order valence-corrected chi connectivity index (χ0v) is 13.4. The molecule has 0 aromatic heterocycles. The highest BCUT2D eigenvalue weighted by Gasteiger charge is 2.46. The van der Waals surface area contributed by atoms with Gasteiger partial charge < -0.3 is 14.4 Å². The van der Waals surface area contributed by atoms with E-state index < -0.39 is 5.79 Å². The van der Waals surface area contributed by atoms with Crippen molar-refractivity contribution in [2.75, 3.05) is 13.2 Å². The standard InChI is InChI=1S/C18H22FNO3/c1-3-16(21)20(12-14-6-4-5-13(2)17(14)19)15-7-8-18(11-15)22-9-10-23-18/h3-6,15H,1,7-12H2,2H3. The Morgan fingerprint density at radius 1 is 1.48 bits per heavy atom. The number of rotatable bonds is 4. The first-order chi connectivity index (χ1) is 11.0. The van der Waals surface area contributed by atoms with Crippen molar-refractivity contribution in [1.82, 2.24) is 4.90 Å². The van der Waals surface area contributed by atoms with Crippen LogP contribution in [0.5, 0.6) is 0 Å². The predicted octanol–water partition coefficient (Wildman–Crippen LogP) is 2.94. The zero-order chi connectivity index (χ0) is 16.4. The third kappa shape index (κ3) is 3.16. The van der Waals surface area contributed by atoms with Crippen LogP contribution in [0.2, 0.25) is 0 Å². The van der Waals surface area contributed by atoms with Crippen LogP contribution in [-0.2, 0) is 20.8 Å². The summed E-state index contributed by atoms with van der Waals surface area (Å²) in [5.41, 5.74) is 1.10. The van der Waals surface area contributed by atoms with Gasteiger partial charge in [-0.2, -0.15) is 0 Å². The summed E-state index contributed by atoms with van der Waals surface area (Å²) in [4.78, 5) is 14.0. The fraction of sp³-hybridized carbons (Fsp3) is 0.500. The molecule has 1 unspecified atom stereocenters. The average molecular weight is 319 g/mol. The number of amides is 1. The lowest BCUT2D eigenvalue weighted by atomic mass is 10.1. The molecule has 1 saturated heterocycles. The average Bonchev–Trinajstić information content (AvgIpc) is 3.18. The summed E-state index contributed by atoms with van der Waals surface area (Å²) in [5.74, 6) is -1.00. The van der Waals surface area contributed by atoms with Gasteiger partial charge in [0.05, 0.1) is 13.2 Å². The molecule has 3 rings (SSSR count). The molecule has 1 spiro atoms. The minimum Gasteiger partial charge on any atom is -0.347 e. The Bertz CT molecular complexity index is 610. The van der Waals surface area contributed by atoms with Crippen molar-refractivity contribution in [1.29, 1.82) is 0 Å². The van der Waals surface area contributed by atoms with E-state index in [4.69, 9.17) is 9.47 Å². The van der Waals surface area contributed by atoms with Crippen molar-refractivity contribution in [3.05, 3.63) is 47.8 Å². The van der Waals surface area contributed by atoms with Crippen molar-refractivity contribution in [3.63, 3.8) is 0 Å². The Hall–Kier alpha value is -1.72. The quantitative estimate of drug-likeness (QED) is 0.801. The first-order valence-electron chi connectivity index (χ1n) is 7.99. The third-order valence-corrected chi connectivity index (χ3v) is 4.73. The molecule has 1 heterocycles. The fourth-order valence-electron chi connectivity index (χ4n) is 3.49. The Balaban J connectivity index is 1.80. The summed E-state index contributed by atoms with van der Waals surface area (Å²) in [7, 11) is 0. The smallest absolute Gasteiger partial charge is 0.246 e. The second-order valence-corrected chi connectivity index (χ2v) is 6.22. The van der Waals surface area contributed by atoms with Crippen LogP contribution in [0, 0.1) is 12.7 Å². The van der Waals surface area contributed by atoms with E-state index in [1.54, 1.807) is 24.0 Å². The number of ether oxygens (including phenoxy) is 2. The highest BCUT2D eigenvalue weighted by atomic mass is 19.1. The molecule has 2 aliphatic rings. The molecule has 0 radical (unpaired) electrons. The molecule has 0 bridgehead atoms. The van der Waals surface area contributed by atoms with Crippen LogP contribution < -0.4 is 0 Å². The minimum absolute atomic E-state index is 0.0292. The van der Waals surface area contributed by atoms with E-state index in [1.807, 2.05) is 6.07 Å². The SMILES string of the molecule is C=CC(=O)N(Cc1cccc(C)c1F)C1CCC2(C1)OCCO2. The zero-order valence-electron chi connectivity index (χ0n) is 13.4. The van der Waals surface area contributed by atoms with E-state index in [-0.39, 0.29) is 24.3 Å². The monoisotopic (exact) mass is 319 g/mol. The van der Waals surface area contributed by atoms with Crippen LogP contribution in [0.3, 0.4) is 0 Å². The predicted molar refractivity (Wildman–Crippen MR) is 84.2 cm³/mol. The van der Waals surface area contributed by atoms with Crippen molar-refractivity contribution in [2.45, 2.75) is 44.6 Å². The lowest BCUT2D eigenvalue weighted by Gasteiger charge is -2.30. The van der Waals surface area contributed by atoms with Crippen molar-refractivity contribution >= 4 is 5.91 Å². The first kappa shape index (κ1) is 16.1. The lowest BCUT2D eigenvalue weighted by Crippen LogP contribution is -2.39. The number of aryl methyl sites for hydroxylation is 1. The summed E-state index contributed by atoms with van der Waals surface area (Å²) in [5, 5.41) is 0. The number of carbonyl (C=O) groups is 1. The third-order valence-electron chi connectivity index (χ3n) is 4.73.